The van der Waals surface area contributed by atoms with Gasteiger partial charge in [0.05, 0.1) is 0 Å². The van der Waals surface area contributed by atoms with E-state index in [1.165, 1.54) is 0 Å². The van der Waals surface area contributed by atoms with Gasteiger partial charge in [0.25, 0.3) is 0 Å². The van der Waals surface area contributed by atoms with Gasteiger partial charge in [0.1, 0.15) is 11.6 Å². The lowest BCUT2D eigenvalue weighted by atomic mass is 9.92. The molecule has 0 radical (unpaired) electrons. The van der Waals surface area contributed by atoms with Crippen LogP contribution in [0.5, 0.6) is 0 Å². The summed E-state index contributed by atoms with van der Waals surface area (Å²) in [4.78, 5) is 30.3. The van der Waals surface area contributed by atoms with E-state index in [-0.39, 0.29) is 11.8 Å². The number of carbonyl (C=O) groups is 2. The van der Waals surface area contributed by atoms with Crippen molar-refractivity contribution < 1.29 is 9.59 Å². The molecule has 2 rings (SSSR count). The van der Waals surface area contributed by atoms with E-state index in [0.29, 0.717) is 19.4 Å². The monoisotopic (exact) mass is 275 g/mol. The van der Waals surface area contributed by atoms with Crippen LogP contribution in [0.15, 0.2) is 24.5 Å². The zero-order chi connectivity index (χ0) is 14.8. The molecule has 2 atom stereocenters. The summed E-state index contributed by atoms with van der Waals surface area (Å²) in [7, 11) is 0. The van der Waals surface area contributed by atoms with Crippen LogP contribution in [-0.4, -0.2) is 39.8 Å². The average molecular weight is 275 g/mol. The molecule has 2 unspecified atom stereocenters. The first-order chi connectivity index (χ1) is 9.48. The largest absolute Gasteiger partial charge is 0.340 e. The van der Waals surface area contributed by atoms with Gasteiger partial charge in [-0.05, 0) is 38.3 Å². The van der Waals surface area contributed by atoms with E-state index in [9.17, 15) is 9.59 Å². The Kier molecular flexibility index (Phi) is 4.06. The van der Waals surface area contributed by atoms with Crippen LogP contribution >= 0.6 is 0 Å². The number of hydrogen-bond donors (Lipinski definition) is 1. The zero-order valence-electron chi connectivity index (χ0n) is 12.2. The molecule has 5 heteroatoms. The molecule has 1 aromatic heterocycles. The Morgan fingerprint density at radius 2 is 2.20 bits per heavy atom. The SMILES string of the molecule is CCC1(C)NC(=O)C(C)N(CCc2cccnc2)C1=O. The number of nitrogens with zero attached hydrogens (tertiary/aromatic N) is 2. The number of rotatable bonds is 4. The van der Waals surface area contributed by atoms with E-state index in [1.54, 1.807) is 31.1 Å². The minimum atomic E-state index is -0.779. The van der Waals surface area contributed by atoms with Gasteiger partial charge in [-0.15, -0.1) is 0 Å². The van der Waals surface area contributed by atoms with Crippen LogP contribution in [0.4, 0.5) is 0 Å². The van der Waals surface area contributed by atoms with Gasteiger partial charge in [0, 0.05) is 18.9 Å². The third-order valence-electron chi connectivity index (χ3n) is 4.05. The first-order valence-corrected chi connectivity index (χ1v) is 7.00. The van der Waals surface area contributed by atoms with Crippen LogP contribution < -0.4 is 5.32 Å². The molecule has 1 aliphatic heterocycles. The Morgan fingerprint density at radius 1 is 1.45 bits per heavy atom. The molecule has 1 aromatic rings. The van der Waals surface area contributed by atoms with Gasteiger partial charge in [-0.3, -0.25) is 14.6 Å². The van der Waals surface area contributed by atoms with Crippen LogP contribution in [0.1, 0.15) is 32.8 Å². The highest BCUT2D eigenvalue weighted by atomic mass is 16.2. The van der Waals surface area contributed by atoms with Crippen LogP contribution in [0.3, 0.4) is 0 Å². The van der Waals surface area contributed by atoms with Gasteiger partial charge < -0.3 is 10.2 Å². The van der Waals surface area contributed by atoms with Crippen molar-refractivity contribution in [2.24, 2.45) is 0 Å². The van der Waals surface area contributed by atoms with E-state index in [4.69, 9.17) is 0 Å². The van der Waals surface area contributed by atoms with Crippen molar-refractivity contribution >= 4 is 11.8 Å². The highest BCUT2D eigenvalue weighted by Crippen LogP contribution is 2.21. The average Bonchev–Trinajstić information content (AvgIpc) is 2.46. The number of hydrogen-bond acceptors (Lipinski definition) is 3. The molecule has 1 saturated heterocycles. The predicted octanol–water partition coefficient (Wildman–Crippen LogP) is 1.14. The van der Waals surface area contributed by atoms with E-state index in [1.807, 2.05) is 19.1 Å². The number of pyridine rings is 1. The van der Waals surface area contributed by atoms with Crippen molar-refractivity contribution in [2.75, 3.05) is 6.54 Å². The molecule has 5 nitrogen and oxygen atoms in total. The number of nitrogens with one attached hydrogen (secondary N) is 1. The van der Waals surface area contributed by atoms with Crippen molar-refractivity contribution in [2.45, 2.75) is 45.2 Å². The van der Waals surface area contributed by atoms with Crippen LogP contribution in [-0.2, 0) is 16.0 Å². The molecule has 1 N–H and O–H groups in total. The van der Waals surface area contributed by atoms with Gasteiger partial charge in [0.2, 0.25) is 11.8 Å². The molecular formula is C15H21N3O2. The molecular weight excluding hydrogens is 254 g/mol. The summed E-state index contributed by atoms with van der Waals surface area (Å²) in [6, 6.07) is 3.43. The molecule has 0 saturated carbocycles. The minimum Gasteiger partial charge on any atom is -0.340 e. The summed E-state index contributed by atoms with van der Waals surface area (Å²) in [5.41, 5.74) is 0.287. The normalized spacial score (nSPS) is 26.6. The lowest BCUT2D eigenvalue weighted by molar-refractivity contribution is -0.153. The number of piperazine rings is 1. The minimum absolute atomic E-state index is 0.00371. The maximum atomic E-state index is 12.6. The Bertz CT molecular complexity index is 503. The van der Waals surface area contributed by atoms with E-state index >= 15 is 0 Å². The van der Waals surface area contributed by atoms with Gasteiger partial charge in [-0.2, -0.15) is 0 Å². The third-order valence-corrected chi connectivity index (χ3v) is 4.05. The number of amides is 2. The molecule has 1 fully saturated rings. The van der Waals surface area contributed by atoms with Gasteiger partial charge in [-0.1, -0.05) is 13.0 Å². The Hall–Kier alpha value is -1.91. The highest BCUT2D eigenvalue weighted by molar-refractivity contribution is 5.99. The summed E-state index contributed by atoms with van der Waals surface area (Å²) in [6.45, 7) is 6.00. The predicted molar refractivity (Wildman–Crippen MR) is 76.0 cm³/mol. The fourth-order valence-electron chi connectivity index (χ4n) is 2.39. The lowest BCUT2D eigenvalue weighted by Gasteiger charge is -2.43. The highest BCUT2D eigenvalue weighted by Gasteiger charge is 2.44. The molecule has 2 heterocycles. The molecule has 2 amide bonds. The first kappa shape index (κ1) is 14.5. The van der Waals surface area contributed by atoms with Crippen LogP contribution in [0.25, 0.3) is 0 Å². The molecule has 0 bridgehead atoms. The maximum absolute atomic E-state index is 12.6. The Morgan fingerprint density at radius 3 is 2.80 bits per heavy atom. The molecule has 20 heavy (non-hydrogen) atoms. The van der Waals surface area contributed by atoms with Gasteiger partial charge in [0.15, 0.2) is 0 Å². The molecule has 1 aliphatic rings. The maximum Gasteiger partial charge on any atom is 0.248 e. The Balaban J connectivity index is 2.12. The van der Waals surface area contributed by atoms with Gasteiger partial charge >= 0.3 is 0 Å². The van der Waals surface area contributed by atoms with Crippen molar-refractivity contribution in [1.29, 1.82) is 0 Å². The summed E-state index contributed by atoms with van der Waals surface area (Å²) >= 11 is 0. The second-order valence-electron chi connectivity index (χ2n) is 5.46. The molecule has 0 aliphatic carbocycles. The summed E-state index contributed by atoms with van der Waals surface area (Å²) in [5.74, 6) is -0.0869. The molecule has 0 aromatic carbocycles. The summed E-state index contributed by atoms with van der Waals surface area (Å²) in [5, 5.41) is 2.83. The fraction of sp³-hybridized carbons (Fsp3) is 0.533. The Labute approximate surface area is 119 Å². The number of carbonyl (C=O) groups excluding carboxylic acids is 2. The second kappa shape index (κ2) is 5.61. The van der Waals surface area contributed by atoms with Crippen molar-refractivity contribution in [1.82, 2.24) is 15.2 Å². The fourth-order valence-corrected chi connectivity index (χ4v) is 2.39. The van der Waals surface area contributed by atoms with Crippen molar-refractivity contribution in [3.63, 3.8) is 0 Å². The topological polar surface area (TPSA) is 62.3 Å². The quantitative estimate of drug-likeness (QED) is 0.896. The molecule has 0 spiro atoms. The second-order valence-corrected chi connectivity index (χ2v) is 5.46. The standard InChI is InChI=1S/C15H21N3O2/c1-4-15(3)14(20)18(11(2)13(19)17-15)9-7-12-6-5-8-16-10-12/h5-6,8,10-11H,4,7,9H2,1-3H3,(H,17,19). The van der Waals surface area contributed by atoms with E-state index < -0.39 is 11.6 Å². The van der Waals surface area contributed by atoms with Crippen LogP contribution in [0, 0.1) is 0 Å². The van der Waals surface area contributed by atoms with E-state index in [2.05, 4.69) is 10.3 Å². The summed E-state index contributed by atoms with van der Waals surface area (Å²) < 4.78 is 0. The third kappa shape index (κ3) is 2.66. The lowest BCUT2D eigenvalue weighted by Crippen LogP contribution is -2.68. The summed E-state index contributed by atoms with van der Waals surface area (Å²) in [6.07, 6.45) is 4.81. The zero-order valence-corrected chi connectivity index (χ0v) is 12.2. The van der Waals surface area contributed by atoms with Crippen molar-refractivity contribution in [3.05, 3.63) is 30.1 Å². The van der Waals surface area contributed by atoms with Crippen molar-refractivity contribution in [3.8, 4) is 0 Å². The number of aromatic nitrogens is 1. The van der Waals surface area contributed by atoms with Crippen LogP contribution in [0.2, 0.25) is 0 Å². The van der Waals surface area contributed by atoms with Gasteiger partial charge in [-0.25, -0.2) is 0 Å². The molecule has 108 valence electrons. The smallest absolute Gasteiger partial charge is 0.248 e. The van der Waals surface area contributed by atoms with E-state index in [0.717, 1.165) is 5.56 Å². The first-order valence-electron chi connectivity index (χ1n) is 7.00.